The lowest BCUT2D eigenvalue weighted by atomic mass is 10.2. The third-order valence-corrected chi connectivity index (χ3v) is 4.49. The Morgan fingerprint density at radius 3 is 2.54 bits per heavy atom. The van der Waals surface area contributed by atoms with Gasteiger partial charge in [0, 0.05) is 38.4 Å². The number of hydrogen-bond acceptors (Lipinski definition) is 4. The molecule has 1 amide bonds. The lowest BCUT2D eigenvalue weighted by Crippen LogP contribution is -2.49. The molecule has 0 N–H and O–H groups in total. The zero-order chi connectivity index (χ0) is 17.1. The van der Waals surface area contributed by atoms with Gasteiger partial charge in [-0.2, -0.15) is 5.10 Å². The van der Waals surface area contributed by atoms with E-state index in [1.165, 1.54) is 0 Å². The topological polar surface area (TPSA) is 50.6 Å². The van der Waals surface area contributed by atoms with Gasteiger partial charge in [0.25, 0.3) is 5.91 Å². The lowest BCUT2D eigenvalue weighted by molar-refractivity contribution is 0.0740. The molecule has 6 nitrogen and oxygen atoms in total. The largest absolute Gasteiger partial charge is 0.495 e. The Kier molecular flexibility index (Phi) is 4.74. The Morgan fingerprint density at radius 1 is 1.21 bits per heavy atom. The summed E-state index contributed by atoms with van der Waals surface area (Å²) >= 11 is 0. The maximum absolute atomic E-state index is 12.7. The van der Waals surface area contributed by atoms with Crippen LogP contribution in [0.3, 0.4) is 0 Å². The van der Waals surface area contributed by atoms with Crippen LogP contribution in [0.5, 0.6) is 5.75 Å². The van der Waals surface area contributed by atoms with Crippen molar-refractivity contribution in [3.8, 4) is 5.75 Å². The fraction of sp³-hybridized carbons (Fsp3) is 0.444. The number of ether oxygens (including phenoxy) is 1. The zero-order valence-corrected chi connectivity index (χ0v) is 14.5. The molecule has 3 rings (SSSR count). The van der Waals surface area contributed by atoms with Crippen LogP contribution in [0, 0.1) is 6.92 Å². The molecule has 1 aromatic heterocycles. The van der Waals surface area contributed by atoms with Crippen LogP contribution >= 0.6 is 0 Å². The van der Waals surface area contributed by atoms with Gasteiger partial charge in [0.1, 0.15) is 5.75 Å². The van der Waals surface area contributed by atoms with Gasteiger partial charge in [-0.25, -0.2) is 0 Å². The van der Waals surface area contributed by atoms with Crippen LogP contribution in [0.2, 0.25) is 0 Å². The van der Waals surface area contributed by atoms with Crippen LogP contribution in [-0.2, 0) is 6.54 Å². The molecule has 128 valence electrons. The van der Waals surface area contributed by atoms with Crippen LogP contribution in [0.25, 0.3) is 0 Å². The number of amides is 1. The molecule has 24 heavy (non-hydrogen) atoms. The quantitative estimate of drug-likeness (QED) is 0.863. The van der Waals surface area contributed by atoms with E-state index < -0.39 is 0 Å². The van der Waals surface area contributed by atoms with E-state index in [0.29, 0.717) is 18.8 Å². The summed E-state index contributed by atoms with van der Waals surface area (Å²) in [5.41, 5.74) is 2.65. The van der Waals surface area contributed by atoms with Crippen LogP contribution in [0.4, 0.5) is 5.69 Å². The molecule has 1 aromatic carbocycles. The number of rotatable bonds is 4. The van der Waals surface area contributed by atoms with E-state index in [0.717, 1.165) is 36.8 Å². The number of nitrogens with zero attached hydrogens (tertiary/aromatic N) is 4. The molecule has 0 saturated carbocycles. The molecular formula is C18H24N4O2. The van der Waals surface area contributed by atoms with E-state index in [9.17, 15) is 4.79 Å². The highest BCUT2D eigenvalue weighted by atomic mass is 16.5. The van der Waals surface area contributed by atoms with Crippen molar-refractivity contribution >= 4 is 11.6 Å². The number of hydrogen-bond donors (Lipinski definition) is 0. The number of carbonyl (C=O) groups is 1. The number of carbonyl (C=O) groups excluding carboxylic acids is 1. The minimum atomic E-state index is 0.0185. The van der Waals surface area contributed by atoms with Gasteiger partial charge in [-0.05, 0) is 32.0 Å². The molecule has 2 aromatic rings. The minimum Gasteiger partial charge on any atom is -0.495 e. The molecule has 0 unspecified atom stereocenters. The van der Waals surface area contributed by atoms with Gasteiger partial charge in [0.05, 0.1) is 12.8 Å². The van der Waals surface area contributed by atoms with Gasteiger partial charge in [-0.3, -0.25) is 9.48 Å². The van der Waals surface area contributed by atoms with Gasteiger partial charge in [-0.15, -0.1) is 0 Å². The third-order valence-electron chi connectivity index (χ3n) is 4.49. The minimum absolute atomic E-state index is 0.0185. The third kappa shape index (κ3) is 3.09. The van der Waals surface area contributed by atoms with Crippen molar-refractivity contribution in [3.05, 3.63) is 41.7 Å². The molecule has 0 spiro atoms. The predicted molar refractivity (Wildman–Crippen MR) is 93.7 cm³/mol. The van der Waals surface area contributed by atoms with Crippen LogP contribution in [0.15, 0.2) is 30.3 Å². The second kappa shape index (κ2) is 6.95. The summed E-state index contributed by atoms with van der Waals surface area (Å²) in [7, 11) is 1.69. The molecule has 1 saturated heterocycles. The van der Waals surface area contributed by atoms with Crippen LogP contribution < -0.4 is 9.64 Å². The fourth-order valence-corrected chi connectivity index (χ4v) is 3.14. The van der Waals surface area contributed by atoms with Crippen LogP contribution in [-0.4, -0.2) is 53.9 Å². The Balaban J connectivity index is 1.67. The van der Waals surface area contributed by atoms with E-state index >= 15 is 0 Å². The lowest BCUT2D eigenvalue weighted by Gasteiger charge is -2.36. The molecule has 6 heteroatoms. The predicted octanol–water partition coefficient (Wildman–Crippen LogP) is 2.18. The summed E-state index contributed by atoms with van der Waals surface area (Å²) in [5.74, 6) is 0.888. The number of aryl methyl sites for hydroxylation is 2. The normalized spacial score (nSPS) is 14.8. The first-order valence-electron chi connectivity index (χ1n) is 8.35. The average Bonchev–Trinajstić information content (AvgIpc) is 3.02. The second-order valence-corrected chi connectivity index (χ2v) is 5.94. The van der Waals surface area contributed by atoms with E-state index in [-0.39, 0.29) is 5.91 Å². The van der Waals surface area contributed by atoms with Gasteiger partial charge in [0.2, 0.25) is 0 Å². The van der Waals surface area contributed by atoms with E-state index in [4.69, 9.17) is 4.74 Å². The highest BCUT2D eigenvalue weighted by Crippen LogP contribution is 2.28. The fourth-order valence-electron chi connectivity index (χ4n) is 3.14. The number of methoxy groups -OCH3 is 1. The van der Waals surface area contributed by atoms with Gasteiger partial charge in [0.15, 0.2) is 5.69 Å². The molecule has 2 heterocycles. The highest BCUT2D eigenvalue weighted by molar-refractivity contribution is 5.92. The number of benzene rings is 1. The molecule has 0 aliphatic carbocycles. The SMILES string of the molecule is CCn1nc(C(=O)N2CCN(c3ccccc3OC)CC2)cc1C. The maximum atomic E-state index is 12.7. The summed E-state index contributed by atoms with van der Waals surface area (Å²) in [6.45, 7) is 7.75. The van der Waals surface area contributed by atoms with E-state index in [2.05, 4.69) is 16.1 Å². The van der Waals surface area contributed by atoms with Crippen molar-refractivity contribution in [2.24, 2.45) is 0 Å². The van der Waals surface area contributed by atoms with Gasteiger partial charge in [-0.1, -0.05) is 12.1 Å². The zero-order valence-electron chi connectivity index (χ0n) is 14.5. The monoisotopic (exact) mass is 328 g/mol. The number of piperazine rings is 1. The first kappa shape index (κ1) is 16.4. The van der Waals surface area contributed by atoms with E-state index in [1.54, 1.807) is 7.11 Å². The highest BCUT2D eigenvalue weighted by Gasteiger charge is 2.25. The Hall–Kier alpha value is -2.50. The summed E-state index contributed by atoms with van der Waals surface area (Å²) < 4.78 is 7.29. The summed E-state index contributed by atoms with van der Waals surface area (Å²) in [5, 5.41) is 4.40. The summed E-state index contributed by atoms with van der Waals surface area (Å²) in [6.07, 6.45) is 0. The molecule has 1 fully saturated rings. The van der Waals surface area contributed by atoms with Gasteiger partial charge >= 0.3 is 0 Å². The Morgan fingerprint density at radius 2 is 1.92 bits per heavy atom. The van der Waals surface area contributed by atoms with Crippen LogP contribution in [0.1, 0.15) is 23.1 Å². The molecular weight excluding hydrogens is 304 g/mol. The second-order valence-electron chi connectivity index (χ2n) is 5.94. The first-order valence-corrected chi connectivity index (χ1v) is 8.35. The van der Waals surface area contributed by atoms with Crippen molar-refractivity contribution < 1.29 is 9.53 Å². The molecule has 1 aliphatic heterocycles. The molecule has 0 bridgehead atoms. The maximum Gasteiger partial charge on any atom is 0.274 e. The Labute approximate surface area is 142 Å². The summed E-state index contributed by atoms with van der Waals surface area (Å²) in [6, 6.07) is 9.87. The van der Waals surface area contributed by atoms with Gasteiger partial charge < -0.3 is 14.5 Å². The number of anilines is 1. The standard InChI is InChI=1S/C18H24N4O2/c1-4-22-14(2)13-15(19-22)18(23)21-11-9-20(10-12-21)16-7-5-6-8-17(16)24-3/h5-8,13H,4,9-12H2,1-3H3. The summed E-state index contributed by atoms with van der Waals surface area (Å²) in [4.78, 5) is 16.8. The van der Waals surface area contributed by atoms with Crippen molar-refractivity contribution in [3.63, 3.8) is 0 Å². The average molecular weight is 328 g/mol. The smallest absolute Gasteiger partial charge is 0.274 e. The molecule has 0 atom stereocenters. The van der Waals surface area contributed by atoms with Crippen molar-refractivity contribution in [1.29, 1.82) is 0 Å². The van der Waals surface area contributed by atoms with Crippen molar-refractivity contribution in [1.82, 2.24) is 14.7 Å². The molecule has 0 radical (unpaired) electrons. The van der Waals surface area contributed by atoms with Crippen molar-refractivity contribution in [2.45, 2.75) is 20.4 Å². The van der Waals surface area contributed by atoms with Crippen molar-refractivity contribution in [2.75, 3.05) is 38.2 Å². The molecule has 1 aliphatic rings. The number of para-hydroxylation sites is 2. The Bertz CT molecular complexity index is 718. The number of aromatic nitrogens is 2. The first-order chi connectivity index (χ1) is 11.6. The van der Waals surface area contributed by atoms with E-state index in [1.807, 2.05) is 47.7 Å².